The molecule has 2 aliphatic heterocycles. The number of aryl methyl sites for hydroxylation is 1. The maximum atomic E-state index is 13.4. The second-order valence-electron chi connectivity index (χ2n) is 9.03. The normalized spacial score (nSPS) is 21.7. The minimum absolute atomic E-state index is 0.156. The quantitative estimate of drug-likeness (QED) is 0.604. The molecule has 0 radical (unpaired) electrons. The van der Waals surface area contributed by atoms with Gasteiger partial charge in [-0.2, -0.15) is 0 Å². The zero-order chi connectivity index (χ0) is 20.8. The molecule has 4 heterocycles. The second kappa shape index (κ2) is 7.65. The molecule has 0 spiro atoms. The number of likely N-dealkylation sites (tertiary alicyclic amines) is 1. The van der Waals surface area contributed by atoms with Crippen LogP contribution in [0, 0.1) is 18.8 Å². The molecule has 1 fully saturated rings. The molecular formula is C24H28N4OS. The van der Waals surface area contributed by atoms with E-state index in [0.717, 1.165) is 59.1 Å². The van der Waals surface area contributed by atoms with E-state index in [2.05, 4.69) is 59.9 Å². The second-order valence-corrected chi connectivity index (χ2v) is 10.0. The lowest BCUT2D eigenvalue weighted by Crippen LogP contribution is -2.42. The van der Waals surface area contributed by atoms with Gasteiger partial charge in [0.1, 0.15) is 17.0 Å². The minimum atomic E-state index is 0.156. The molecule has 2 aromatic heterocycles. The SMILES string of the molecule is Cc1c(C(=O)N2C[C@H](C)C[C@@H](C)C2)sc2ncnc(N3CCc4ccccc4C3)c12. The number of nitrogens with zero attached hydrogens (tertiary/aromatic N) is 4. The van der Waals surface area contributed by atoms with E-state index in [1.54, 1.807) is 6.33 Å². The molecule has 0 N–H and O–H groups in total. The number of piperidine rings is 1. The number of aromatic nitrogens is 2. The van der Waals surface area contributed by atoms with Gasteiger partial charge < -0.3 is 9.80 Å². The molecule has 3 aromatic rings. The van der Waals surface area contributed by atoms with Crippen LogP contribution in [0.1, 0.15) is 46.6 Å². The van der Waals surface area contributed by atoms with E-state index in [-0.39, 0.29) is 5.91 Å². The van der Waals surface area contributed by atoms with Crippen LogP contribution in [0.3, 0.4) is 0 Å². The first kappa shape index (κ1) is 19.5. The Bertz CT molecular complexity index is 1100. The number of rotatable bonds is 2. The zero-order valence-corrected chi connectivity index (χ0v) is 18.7. The van der Waals surface area contributed by atoms with Crippen molar-refractivity contribution in [3.63, 3.8) is 0 Å². The van der Waals surface area contributed by atoms with Crippen LogP contribution in [0.4, 0.5) is 5.82 Å². The topological polar surface area (TPSA) is 49.3 Å². The summed E-state index contributed by atoms with van der Waals surface area (Å²) in [5.41, 5.74) is 3.81. The molecule has 1 aromatic carbocycles. The third-order valence-corrected chi connectivity index (χ3v) is 7.68. The first-order valence-electron chi connectivity index (χ1n) is 10.9. The number of anilines is 1. The Morgan fingerprint density at radius 2 is 1.83 bits per heavy atom. The van der Waals surface area contributed by atoms with Crippen molar-refractivity contribution in [2.45, 2.75) is 40.2 Å². The summed E-state index contributed by atoms with van der Waals surface area (Å²) in [6.45, 7) is 10.0. The van der Waals surface area contributed by atoms with Gasteiger partial charge in [0.05, 0.1) is 10.3 Å². The summed E-state index contributed by atoms with van der Waals surface area (Å²) in [5.74, 6) is 2.22. The van der Waals surface area contributed by atoms with Gasteiger partial charge in [0.15, 0.2) is 0 Å². The molecule has 1 amide bonds. The molecule has 156 valence electrons. The lowest BCUT2D eigenvalue weighted by atomic mass is 9.92. The maximum absolute atomic E-state index is 13.4. The Labute approximate surface area is 181 Å². The Balaban J connectivity index is 1.50. The Hall–Kier alpha value is -2.47. The molecule has 0 saturated carbocycles. The number of thiophene rings is 1. The van der Waals surface area contributed by atoms with Crippen molar-refractivity contribution in [3.8, 4) is 0 Å². The van der Waals surface area contributed by atoms with Gasteiger partial charge in [0.25, 0.3) is 5.91 Å². The van der Waals surface area contributed by atoms with Crippen LogP contribution in [0.15, 0.2) is 30.6 Å². The van der Waals surface area contributed by atoms with Crippen molar-refractivity contribution in [2.24, 2.45) is 11.8 Å². The number of hydrogen-bond acceptors (Lipinski definition) is 5. The predicted molar refractivity (Wildman–Crippen MR) is 122 cm³/mol. The van der Waals surface area contributed by atoms with Crippen LogP contribution >= 0.6 is 11.3 Å². The van der Waals surface area contributed by atoms with Gasteiger partial charge >= 0.3 is 0 Å². The van der Waals surface area contributed by atoms with Crippen LogP contribution in [0.5, 0.6) is 0 Å². The van der Waals surface area contributed by atoms with Crippen LogP contribution in [0.2, 0.25) is 0 Å². The maximum Gasteiger partial charge on any atom is 0.264 e. The van der Waals surface area contributed by atoms with Gasteiger partial charge in [-0.15, -0.1) is 11.3 Å². The summed E-state index contributed by atoms with van der Waals surface area (Å²) in [6, 6.07) is 8.63. The first-order valence-corrected chi connectivity index (χ1v) is 11.7. The summed E-state index contributed by atoms with van der Waals surface area (Å²) < 4.78 is 0. The molecule has 6 heteroatoms. The molecule has 0 unspecified atom stereocenters. The highest BCUT2D eigenvalue weighted by molar-refractivity contribution is 7.20. The number of carbonyl (C=O) groups excluding carboxylic acids is 1. The lowest BCUT2D eigenvalue weighted by Gasteiger charge is -2.34. The van der Waals surface area contributed by atoms with Crippen LogP contribution in [-0.4, -0.2) is 40.4 Å². The highest BCUT2D eigenvalue weighted by Crippen LogP contribution is 2.37. The fourth-order valence-corrected chi connectivity index (χ4v) is 6.26. The molecule has 1 saturated heterocycles. The Morgan fingerprint density at radius 3 is 2.60 bits per heavy atom. The fourth-order valence-electron chi connectivity index (χ4n) is 5.15. The minimum Gasteiger partial charge on any atom is -0.351 e. The van der Waals surface area contributed by atoms with Crippen LogP contribution in [0.25, 0.3) is 10.2 Å². The first-order chi connectivity index (χ1) is 14.5. The van der Waals surface area contributed by atoms with Crippen LogP contribution in [-0.2, 0) is 13.0 Å². The summed E-state index contributed by atoms with van der Waals surface area (Å²) in [7, 11) is 0. The van der Waals surface area contributed by atoms with E-state index in [1.807, 2.05) is 4.90 Å². The highest BCUT2D eigenvalue weighted by Gasteiger charge is 2.30. The van der Waals surface area contributed by atoms with E-state index < -0.39 is 0 Å². The summed E-state index contributed by atoms with van der Waals surface area (Å²) in [4.78, 5) is 28.7. The van der Waals surface area contributed by atoms with E-state index in [4.69, 9.17) is 0 Å². The average molecular weight is 421 g/mol. The van der Waals surface area contributed by atoms with Crippen LogP contribution < -0.4 is 4.90 Å². The van der Waals surface area contributed by atoms with Crippen molar-refractivity contribution in [1.82, 2.24) is 14.9 Å². The van der Waals surface area contributed by atoms with E-state index in [1.165, 1.54) is 28.9 Å². The smallest absolute Gasteiger partial charge is 0.264 e. The van der Waals surface area contributed by atoms with Gasteiger partial charge in [0, 0.05) is 26.2 Å². The molecule has 5 nitrogen and oxygen atoms in total. The summed E-state index contributed by atoms with van der Waals surface area (Å²) in [6.07, 6.45) is 3.86. The van der Waals surface area contributed by atoms with E-state index in [0.29, 0.717) is 11.8 Å². The number of hydrogen-bond donors (Lipinski definition) is 0. The zero-order valence-electron chi connectivity index (χ0n) is 17.9. The fraction of sp³-hybridized carbons (Fsp3) is 0.458. The van der Waals surface area contributed by atoms with Crippen molar-refractivity contribution in [3.05, 3.63) is 52.2 Å². The standard InChI is InChI=1S/C24H28N4OS/c1-15-10-16(2)12-28(11-15)24(29)21-17(3)20-22(25-14-26-23(20)30-21)27-9-8-18-6-4-5-7-19(18)13-27/h4-7,14-16H,8-13H2,1-3H3/t15-,16-/m1/s1. The highest BCUT2D eigenvalue weighted by atomic mass is 32.1. The van der Waals surface area contributed by atoms with E-state index in [9.17, 15) is 4.79 Å². The van der Waals surface area contributed by atoms with Gasteiger partial charge in [-0.25, -0.2) is 9.97 Å². The molecule has 0 aliphatic carbocycles. The number of amides is 1. The molecule has 2 aliphatic rings. The summed E-state index contributed by atoms with van der Waals surface area (Å²) in [5, 5.41) is 1.04. The third-order valence-electron chi connectivity index (χ3n) is 6.49. The monoisotopic (exact) mass is 420 g/mol. The predicted octanol–water partition coefficient (Wildman–Crippen LogP) is 4.68. The third kappa shape index (κ3) is 3.37. The van der Waals surface area contributed by atoms with E-state index >= 15 is 0 Å². The summed E-state index contributed by atoms with van der Waals surface area (Å²) >= 11 is 1.52. The van der Waals surface area contributed by atoms with Gasteiger partial charge in [-0.1, -0.05) is 38.1 Å². The molecule has 30 heavy (non-hydrogen) atoms. The van der Waals surface area contributed by atoms with Gasteiger partial charge in [0.2, 0.25) is 0 Å². The van der Waals surface area contributed by atoms with Crippen molar-refractivity contribution < 1.29 is 4.79 Å². The van der Waals surface area contributed by atoms with Gasteiger partial charge in [-0.3, -0.25) is 4.79 Å². The number of carbonyl (C=O) groups is 1. The Morgan fingerprint density at radius 1 is 1.10 bits per heavy atom. The van der Waals surface area contributed by atoms with Crippen molar-refractivity contribution >= 4 is 33.3 Å². The molecular weight excluding hydrogens is 392 g/mol. The van der Waals surface area contributed by atoms with Crippen molar-refractivity contribution in [1.29, 1.82) is 0 Å². The Kier molecular flexibility index (Phi) is 4.97. The van der Waals surface area contributed by atoms with Gasteiger partial charge in [-0.05, 0) is 48.3 Å². The number of benzene rings is 1. The largest absolute Gasteiger partial charge is 0.351 e. The molecule has 0 bridgehead atoms. The van der Waals surface area contributed by atoms with Crippen molar-refractivity contribution in [2.75, 3.05) is 24.5 Å². The lowest BCUT2D eigenvalue weighted by molar-refractivity contribution is 0.0627. The molecule has 2 atom stereocenters. The number of fused-ring (bicyclic) bond motifs is 2. The average Bonchev–Trinajstić information content (AvgIpc) is 3.09. The molecule has 5 rings (SSSR count).